The molecular weight excluding hydrogens is 164 g/mol. The van der Waals surface area contributed by atoms with Crippen LogP contribution < -0.4 is 5.73 Å². The van der Waals surface area contributed by atoms with E-state index in [-0.39, 0.29) is 5.41 Å². The largest absolute Gasteiger partial charge is 0.325 e. The fourth-order valence-electron chi connectivity index (χ4n) is 1.53. The third-order valence-corrected chi connectivity index (χ3v) is 2.01. The van der Waals surface area contributed by atoms with Crippen LogP contribution in [0.3, 0.4) is 0 Å². The summed E-state index contributed by atoms with van der Waals surface area (Å²) in [5, 5.41) is 8.12. The van der Waals surface area contributed by atoms with Crippen molar-refractivity contribution in [3.05, 3.63) is 11.4 Å². The van der Waals surface area contributed by atoms with Crippen LogP contribution in [0.5, 0.6) is 0 Å². The van der Waals surface area contributed by atoms with Gasteiger partial charge in [-0.2, -0.15) is 0 Å². The Morgan fingerprint density at radius 2 is 2.00 bits per heavy atom. The maximum absolute atomic E-state index is 5.60. The van der Waals surface area contributed by atoms with Gasteiger partial charge in [-0.05, 0) is 6.92 Å². The molecule has 0 fully saturated rings. The molecule has 0 radical (unpaired) electrons. The van der Waals surface area contributed by atoms with Gasteiger partial charge in [0.2, 0.25) is 0 Å². The molecule has 4 nitrogen and oxygen atoms in total. The number of hydrogen-bond acceptors (Lipinski definition) is 3. The minimum atomic E-state index is 0.0637. The third kappa shape index (κ3) is 1.88. The lowest BCUT2D eigenvalue weighted by Crippen LogP contribution is -2.20. The second-order valence-corrected chi connectivity index (χ2v) is 4.15. The van der Waals surface area contributed by atoms with Crippen molar-refractivity contribution >= 4 is 0 Å². The number of rotatable bonds is 2. The normalized spacial score (nSPS) is 12.1. The Hall–Kier alpha value is -0.900. The van der Waals surface area contributed by atoms with Crippen LogP contribution in [0, 0.1) is 0 Å². The highest BCUT2D eigenvalue weighted by Gasteiger charge is 2.23. The van der Waals surface area contributed by atoms with Gasteiger partial charge >= 0.3 is 0 Å². The molecule has 0 atom stereocenters. The number of aryl methyl sites for hydroxylation is 1. The first-order valence-electron chi connectivity index (χ1n) is 4.63. The summed E-state index contributed by atoms with van der Waals surface area (Å²) >= 11 is 0. The predicted octanol–water partition coefficient (Wildman–Crippen LogP) is 1.05. The Bertz CT molecular complexity index is 261. The molecule has 0 unspecified atom stereocenters. The van der Waals surface area contributed by atoms with E-state index in [4.69, 9.17) is 5.73 Å². The quantitative estimate of drug-likeness (QED) is 0.744. The molecule has 74 valence electrons. The lowest BCUT2D eigenvalue weighted by Gasteiger charge is -2.20. The first-order valence-corrected chi connectivity index (χ1v) is 4.63. The van der Waals surface area contributed by atoms with E-state index in [9.17, 15) is 0 Å². The summed E-state index contributed by atoms with van der Waals surface area (Å²) in [6, 6.07) is 0. The molecule has 2 N–H and O–H groups in total. The van der Waals surface area contributed by atoms with Crippen molar-refractivity contribution in [3.63, 3.8) is 0 Å². The van der Waals surface area contributed by atoms with Crippen molar-refractivity contribution in [2.45, 2.75) is 46.2 Å². The summed E-state index contributed by atoms with van der Waals surface area (Å²) in [7, 11) is 0. The number of hydrogen-bond donors (Lipinski definition) is 1. The third-order valence-electron chi connectivity index (χ3n) is 2.01. The molecule has 0 spiro atoms. The van der Waals surface area contributed by atoms with E-state index in [0.717, 1.165) is 17.9 Å². The summed E-state index contributed by atoms with van der Waals surface area (Å²) in [5.74, 6) is 0. The van der Waals surface area contributed by atoms with E-state index in [2.05, 4.69) is 38.0 Å². The van der Waals surface area contributed by atoms with Gasteiger partial charge in [-0.25, -0.2) is 4.68 Å². The molecule has 0 saturated heterocycles. The second-order valence-electron chi connectivity index (χ2n) is 4.15. The molecular formula is C9H18N4. The van der Waals surface area contributed by atoms with E-state index in [1.54, 1.807) is 0 Å². The summed E-state index contributed by atoms with van der Waals surface area (Å²) in [4.78, 5) is 0. The van der Waals surface area contributed by atoms with Crippen LogP contribution in [0.2, 0.25) is 0 Å². The lowest BCUT2D eigenvalue weighted by atomic mass is 9.90. The molecule has 0 aliphatic heterocycles. The fourth-order valence-corrected chi connectivity index (χ4v) is 1.53. The standard InChI is InChI=1S/C9H18N4/c1-5-13-8(9(2,3)4)7(6-10)11-12-13/h5-6,10H2,1-4H3. The highest BCUT2D eigenvalue weighted by atomic mass is 15.4. The van der Waals surface area contributed by atoms with Crippen molar-refractivity contribution in [2.75, 3.05) is 0 Å². The molecule has 0 amide bonds. The molecule has 0 bridgehead atoms. The zero-order valence-electron chi connectivity index (χ0n) is 8.83. The number of nitrogens with zero attached hydrogens (tertiary/aromatic N) is 3. The van der Waals surface area contributed by atoms with Crippen LogP contribution in [0.15, 0.2) is 0 Å². The van der Waals surface area contributed by atoms with Gasteiger partial charge in [0.15, 0.2) is 0 Å². The highest BCUT2D eigenvalue weighted by Crippen LogP contribution is 2.24. The molecule has 1 aromatic heterocycles. The first-order chi connectivity index (χ1) is 6.00. The summed E-state index contributed by atoms with van der Waals surface area (Å²) in [6.07, 6.45) is 0. The van der Waals surface area contributed by atoms with Gasteiger partial charge in [0.1, 0.15) is 0 Å². The van der Waals surface area contributed by atoms with Gasteiger partial charge in [0, 0.05) is 18.5 Å². The topological polar surface area (TPSA) is 56.7 Å². The van der Waals surface area contributed by atoms with Gasteiger partial charge in [0.25, 0.3) is 0 Å². The molecule has 0 aliphatic rings. The van der Waals surface area contributed by atoms with E-state index < -0.39 is 0 Å². The van der Waals surface area contributed by atoms with Crippen molar-refractivity contribution in [3.8, 4) is 0 Å². The van der Waals surface area contributed by atoms with E-state index >= 15 is 0 Å². The van der Waals surface area contributed by atoms with Crippen LogP contribution in [0.1, 0.15) is 39.1 Å². The van der Waals surface area contributed by atoms with E-state index in [1.165, 1.54) is 0 Å². The molecule has 13 heavy (non-hydrogen) atoms. The van der Waals surface area contributed by atoms with E-state index in [1.807, 2.05) is 4.68 Å². The second kappa shape index (κ2) is 3.46. The van der Waals surface area contributed by atoms with Gasteiger partial charge in [-0.15, -0.1) is 5.10 Å². The van der Waals surface area contributed by atoms with Gasteiger partial charge in [-0.3, -0.25) is 0 Å². The Kier molecular flexibility index (Phi) is 2.71. The Morgan fingerprint density at radius 1 is 1.38 bits per heavy atom. The minimum absolute atomic E-state index is 0.0637. The van der Waals surface area contributed by atoms with Crippen LogP contribution in [-0.4, -0.2) is 15.0 Å². The van der Waals surface area contributed by atoms with Crippen LogP contribution >= 0.6 is 0 Å². The molecule has 1 rings (SSSR count). The van der Waals surface area contributed by atoms with Crippen LogP contribution in [-0.2, 0) is 18.5 Å². The van der Waals surface area contributed by atoms with Crippen molar-refractivity contribution in [1.82, 2.24) is 15.0 Å². The SMILES string of the molecule is CCn1nnc(CN)c1C(C)(C)C. The average Bonchev–Trinajstić information content (AvgIpc) is 2.45. The molecule has 1 aromatic rings. The van der Waals surface area contributed by atoms with Crippen LogP contribution in [0.25, 0.3) is 0 Å². The summed E-state index contributed by atoms with van der Waals surface area (Å²) in [6.45, 7) is 9.82. The molecule has 0 saturated carbocycles. The lowest BCUT2D eigenvalue weighted by molar-refractivity contribution is 0.490. The molecule has 0 aliphatic carbocycles. The fraction of sp³-hybridized carbons (Fsp3) is 0.778. The Balaban J connectivity index is 3.20. The molecule has 1 heterocycles. The minimum Gasteiger partial charge on any atom is -0.325 e. The zero-order chi connectivity index (χ0) is 10.1. The van der Waals surface area contributed by atoms with Gasteiger partial charge in [0.05, 0.1) is 11.4 Å². The monoisotopic (exact) mass is 182 g/mol. The number of nitrogens with two attached hydrogens (primary N) is 1. The van der Waals surface area contributed by atoms with Crippen molar-refractivity contribution < 1.29 is 0 Å². The zero-order valence-corrected chi connectivity index (χ0v) is 8.83. The van der Waals surface area contributed by atoms with Crippen LogP contribution in [0.4, 0.5) is 0 Å². The predicted molar refractivity (Wildman–Crippen MR) is 52.3 cm³/mol. The molecule has 0 aromatic carbocycles. The molecule has 4 heteroatoms. The van der Waals surface area contributed by atoms with Gasteiger partial charge in [-0.1, -0.05) is 26.0 Å². The maximum Gasteiger partial charge on any atom is 0.1000 e. The maximum atomic E-state index is 5.60. The Morgan fingerprint density at radius 3 is 2.38 bits per heavy atom. The number of aromatic nitrogens is 3. The summed E-state index contributed by atoms with van der Waals surface area (Å²) < 4.78 is 1.92. The Labute approximate surface area is 79.1 Å². The smallest absolute Gasteiger partial charge is 0.1000 e. The van der Waals surface area contributed by atoms with E-state index in [0.29, 0.717) is 6.54 Å². The highest BCUT2D eigenvalue weighted by molar-refractivity contribution is 5.18. The van der Waals surface area contributed by atoms with Crippen molar-refractivity contribution in [2.24, 2.45) is 5.73 Å². The summed E-state index contributed by atoms with van der Waals surface area (Å²) in [5.41, 5.74) is 7.73. The average molecular weight is 182 g/mol. The first kappa shape index (κ1) is 10.2. The van der Waals surface area contributed by atoms with Crippen molar-refractivity contribution in [1.29, 1.82) is 0 Å². The van der Waals surface area contributed by atoms with Gasteiger partial charge < -0.3 is 5.73 Å².